The van der Waals surface area contributed by atoms with Gasteiger partial charge in [-0.3, -0.25) is 4.90 Å². The molecule has 0 bridgehead atoms. The van der Waals surface area contributed by atoms with Crippen LogP contribution in [0, 0.1) is 12.8 Å². The fourth-order valence-corrected chi connectivity index (χ4v) is 3.71. The molecule has 0 spiro atoms. The van der Waals surface area contributed by atoms with Crippen LogP contribution in [0.5, 0.6) is 0 Å². The summed E-state index contributed by atoms with van der Waals surface area (Å²) in [6, 6.07) is 2.06. The van der Waals surface area contributed by atoms with Crippen LogP contribution in [0.1, 0.15) is 30.7 Å². The second-order valence-corrected chi connectivity index (χ2v) is 6.93. The van der Waals surface area contributed by atoms with Crippen LogP contribution in [-0.4, -0.2) is 36.6 Å². The zero-order valence-corrected chi connectivity index (χ0v) is 16.7. The first-order valence-electron chi connectivity index (χ1n) is 8.12. The second kappa shape index (κ2) is 10.4. The van der Waals surface area contributed by atoms with Crippen LogP contribution >= 0.6 is 36.2 Å². The fourth-order valence-electron chi connectivity index (χ4n) is 3.08. The van der Waals surface area contributed by atoms with Crippen molar-refractivity contribution < 1.29 is 4.42 Å². The molecule has 7 heteroatoms. The Kier molecular flexibility index (Phi) is 9.31. The minimum Gasteiger partial charge on any atom is -0.441 e. The first-order chi connectivity index (χ1) is 10.8. The van der Waals surface area contributed by atoms with Crippen molar-refractivity contribution >= 4 is 36.2 Å². The quantitative estimate of drug-likeness (QED) is 0.792. The Balaban J connectivity index is 0.00000144. The van der Waals surface area contributed by atoms with Gasteiger partial charge >= 0.3 is 0 Å². The summed E-state index contributed by atoms with van der Waals surface area (Å²) in [6.45, 7) is 6.43. The molecule has 1 fully saturated rings. The van der Waals surface area contributed by atoms with E-state index in [0.717, 1.165) is 41.9 Å². The molecule has 1 aliphatic rings. The van der Waals surface area contributed by atoms with Crippen LogP contribution in [0.25, 0.3) is 11.5 Å². The van der Waals surface area contributed by atoms with E-state index in [1.165, 1.54) is 32.4 Å². The van der Waals surface area contributed by atoms with Gasteiger partial charge in [0.25, 0.3) is 0 Å². The Morgan fingerprint density at radius 3 is 2.71 bits per heavy atom. The van der Waals surface area contributed by atoms with Gasteiger partial charge in [0, 0.05) is 17.5 Å². The topological polar surface area (TPSA) is 41.3 Å². The predicted molar refractivity (Wildman–Crippen MR) is 106 cm³/mol. The summed E-state index contributed by atoms with van der Waals surface area (Å²) in [4.78, 5) is 7.22. The minimum atomic E-state index is 0. The first kappa shape index (κ1) is 21.5. The van der Waals surface area contributed by atoms with E-state index < -0.39 is 0 Å². The fraction of sp³-hybridized carbons (Fsp3) is 0.588. The van der Waals surface area contributed by atoms with Gasteiger partial charge in [0.1, 0.15) is 5.76 Å². The van der Waals surface area contributed by atoms with Gasteiger partial charge < -0.3 is 9.73 Å². The van der Waals surface area contributed by atoms with E-state index in [9.17, 15) is 0 Å². The average molecular weight is 392 g/mol. The normalized spacial score (nSPS) is 15.8. The number of nitrogens with one attached hydrogen (secondary N) is 1. The Morgan fingerprint density at radius 2 is 2.08 bits per heavy atom. The van der Waals surface area contributed by atoms with Gasteiger partial charge in [0.2, 0.25) is 5.89 Å². The second-order valence-electron chi connectivity index (χ2n) is 6.15. The van der Waals surface area contributed by atoms with Gasteiger partial charge in [0.05, 0.1) is 5.69 Å². The molecule has 0 atom stereocenters. The lowest BCUT2D eigenvalue weighted by atomic mass is 9.93. The molecule has 136 valence electrons. The number of rotatable bonds is 6. The van der Waals surface area contributed by atoms with Gasteiger partial charge in [0.15, 0.2) is 0 Å². The highest BCUT2D eigenvalue weighted by Gasteiger charge is 2.21. The summed E-state index contributed by atoms with van der Waals surface area (Å²) in [5, 5.41) is 7.40. The first-order valence-corrected chi connectivity index (χ1v) is 9.06. The molecule has 0 saturated carbocycles. The number of hydrogen-bond donors (Lipinski definition) is 1. The van der Waals surface area contributed by atoms with E-state index >= 15 is 0 Å². The molecule has 0 aromatic carbocycles. The van der Waals surface area contributed by atoms with Crippen molar-refractivity contribution in [1.82, 2.24) is 15.2 Å². The van der Waals surface area contributed by atoms with E-state index in [2.05, 4.69) is 27.0 Å². The minimum absolute atomic E-state index is 0. The number of piperidine rings is 1. The van der Waals surface area contributed by atoms with Crippen LogP contribution in [0.2, 0.25) is 0 Å². The van der Waals surface area contributed by atoms with Gasteiger partial charge in [-0.15, -0.1) is 24.8 Å². The number of aryl methyl sites for hydroxylation is 1. The zero-order valence-electron chi connectivity index (χ0n) is 14.3. The molecule has 3 rings (SSSR count). The molecule has 0 amide bonds. The van der Waals surface area contributed by atoms with Crippen LogP contribution in [0.3, 0.4) is 0 Å². The lowest BCUT2D eigenvalue weighted by molar-refractivity contribution is 0.170. The van der Waals surface area contributed by atoms with Crippen molar-refractivity contribution in [2.24, 2.45) is 5.92 Å². The number of oxazole rings is 1. The third-order valence-corrected chi connectivity index (χ3v) is 5.23. The third-order valence-electron chi connectivity index (χ3n) is 4.54. The summed E-state index contributed by atoms with van der Waals surface area (Å²) < 4.78 is 5.84. The Labute approximate surface area is 160 Å². The molecule has 24 heavy (non-hydrogen) atoms. The van der Waals surface area contributed by atoms with Crippen molar-refractivity contribution in [3.05, 3.63) is 28.3 Å². The molecule has 2 aromatic rings. The van der Waals surface area contributed by atoms with E-state index in [-0.39, 0.29) is 24.8 Å². The van der Waals surface area contributed by atoms with Crippen LogP contribution < -0.4 is 5.32 Å². The molecule has 1 saturated heterocycles. The number of likely N-dealkylation sites (tertiary alicyclic amines) is 1. The maximum absolute atomic E-state index is 5.84. The smallest absolute Gasteiger partial charge is 0.227 e. The molecular weight excluding hydrogens is 365 g/mol. The number of thiophene rings is 1. The number of halogens is 2. The molecule has 4 nitrogen and oxygen atoms in total. The van der Waals surface area contributed by atoms with E-state index in [4.69, 9.17) is 9.40 Å². The largest absolute Gasteiger partial charge is 0.441 e. The highest BCUT2D eigenvalue weighted by atomic mass is 35.5. The van der Waals surface area contributed by atoms with Crippen molar-refractivity contribution in [2.45, 2.75) is 32.7 Å². The lowest BCUT2D eigenvalue weighted by Gasteiger charge is -2.31. The number of nitrogens with zero attached hydrogens (tertiary/aromatic N) is 2. The lowest BCUT2D eigenvalue weighted by Crippen LogP contribution is -2.34. The summed E-state index contributed by atoms with van der Waals surface area (Å²) >= 11 is 1.68. The number of hydrogen-bond acceptors (Lipinski definition) is 5. The molecule has 0 radical (unpaired) electrons. The van der Waals surface area contributed by atoms with Gasteiger partial charge in [-0.1, -0.05) is 0 Å². The van der Waals surface area contributed by atoms with Crippen LogP contribution in [-0.2, 0) is 6.54 Å². The van der Waals surface area contributed by atoms with Gasteiger partial charge in [-0.2, -0.15) is 11.3 Å². The Bertz CT molecular complexity index is 581. The summed E-state index contributed by atoms with van der Waals surface area (Å²) in [7, 11) is 2.04. The van der Waals surface area contributed by atoms with Crippen molar-refractivity contribution in [1.29, 1.82) is 0 Å². The van der Waals surface area contributed by atoms with Crippen LogP contribution in [0.15, 0.2) is 21.2 Å². The van der Waals surface area contributed by atoms with Crippen molar-refractivity contribution in [3.63, 3.8) is 0 Å². The summed E-state index contributed by atoms with van der Waals surface area (Å²) in [5.74, 6) is 2.60. The summed E-state index contributed by atoms with van der Waals surface area (Å²) in [6.07, 6.45) is 3.90. The Hall–Kier alpha value is -0.590. The monoisotopic (exact) mass is 391 g/mol. The van der Waals surface area contributed by atoms with Gasteiger partial charge in [-0.25, -0.2) is 4.98 Å². The highest BCUT2D eigenvalue weighted by molar-refractivity contribution is 7.08. The standard InChI is InChI=1S/C17H25N3OS.2ClH/c1-13-16(19-17(21-13)15-6-10-22-12-15)11-20-8-4-14(5-9-20)3-7-18-2;;/h6,10,12,14,18H,3-5,7-9,11H2,1-2H3;2*1H. The zero-order chi connectivity index (χ0) is 15.4. The molecule has 3 heterocycles. The molecule has 0 unspecified atom stereocenters. The SMILES string of the molecule is CNCCC1CCN(Cc2nc(-c3ccsc3)oc2C)CC1.Cl.Cl. The van der Waals surface area contributed by atoms with Crippen molar-refractivity contribution in [3.8, 4) is 11.5 Å². The maximum Gasteiger partial charge on any atom is 0.227 e. The highest BCUT2D eigenvalue weighted by Crippen LogP contribution is 2.26. The Morgan fingerprint density at radius 1 is 1.33 bits per heavy atom. The van der Waals surface area contributed by atoms with E-state index in [1.54, 1.807) is 11.3 Å². The molecule has 0 aliphatic carbocycles. The molecular formula is C17H27Cl2N3OS. The van der Waals surface area contributed by atoms with E-state index in [0.29, 0.717) is 0 Å². The van der Waals surface area contributed by atoms with E-state index in [1.807, 2.05) is 14.0 Å². The average Bonchev–Trinajstić information content (AvgIpc) is 3.17. The number of aromatic nitrogens is 1. The molecule has 1 N–H and O–H groups in total. The predicted octanol–water partition coefficient (Wildman–Crippen LogP) is 4.38. The summed E-state index contributed by atoms with van der Waals surface area (Å²) in [5.41, 5.74) is 2.18. The molecule has 1 aliphatic heterocycles. The van der Waals surface area contributed by atoms with Crippen LogP contribution in [0.4, 0.5) is 0 Å². The van der Waals surface area contributed by atoms with Crippen molar-refractivity contribution in [2.75, 3.05) is 26.7 Å². The third kappa shape index (κ3) is 5.46. The van der Waals surface area contributed by atoms with Gasteiger partial charge in [-0.05, 0) is 70.2 Å². The molecule has 2 aromatic heterocycles. The maximum atomic E-state index is 5.84.